The van der Waals surface area contributed by atoms with E-state index in [1.807, 2.05) is 30.3 Å². The summed E-state index contributed by atoms with van der Waals surface area (Å²) in [5.41, 5.74) is 4.28. The van der Waals surface area contributed by atoms with Crippen LogP contribution in [0.25, 0.3) is 32.9 Å². The predicted molar refractivity (Wildman–Crippen MR) is 107 cm³/mol. The number of aromatic nitrogens is 1. The molecule has 0 aliphatic rings. The van der Waals surface area contributed by atoms with Crippen LogP contribution in [0.5, 0.6) is 0 Å². The molecule has 26 heavy (non-hydrogen) atoms. The molecule has 130 valence electrons. The van der Waals surface area contributed by atoms with Gasteiger partial charge in [-0.25, -0.2) is 0 Å². The van der Waals surface area contributed by atoms with Gasteiger partial charge in [-0.1, -0.05) is 48.0 Å². The molecule has 0 radical (unpaired) electrons. The minimum absolute atomic E-state index is 0.157. The van der Waals surface area contributed by atoms with Crippen LogP contribution in [0.1, 0.15) is 18.4 Å². The predicted octanol–water partition coefficient (Wildman–Crippen LogP) is 6.05. The third-order valence-electron chi connectivity index (χ3n) is 4.72. The fourth-order valence-corrected chi connectivity index (χ4v) is 3.66. The molecule has 0 unspecified atom stereocenters. The van der Waals surface area contributed by atoms with E-state index in [-0.39, 0.29) is 6.42 Å². The van der Waals surface area contributed by atoms with E-state index in [1.54, 1.807) is 0 Å². The number of carbonyl (C=O) groups is 1. The topological polar surface area (TPSA) is 53.1 Å². The Kier molecular flexibility index (Phi) is 4.39. The summed E-state index contributed by atoms with van der Waals surface area (Å²) in [7, 11) is 0. The lowest BCUT2D eigenvalue weighted by atomic mass is 9.98. The zero-order valence-electron chi connectivity index (χ0n) is 14.1. The lowest BCUT2D eigenvalue weighted by molar-refractivity contribution is -0.137. The Labute approximate surface area is 156 Å². The number of fused-ring (bicyclic) bond motifs is 2. The summed E-state index contributed by atoms with van der Waals surface area (Å²) in [5, 5.41) is 13.1. The van der Waals surface area contributed by atoms with Gasteiger partial charge in [0.1, 0.15) is 0 Å². The standard InChI is InChI=1S/C22H18ClNO2/c23-17-10-11-20-19(13-17)18(6-3-7-21(25)26)22(24-20)16-9-8-14-4-1-2-5-15(14)12-16/h1-2,4-5,8-13,24H,3,6-7H2,(H,25,26). The number of aryl methyl sites for hydroxylation is 1. The molecular weight excluding hydrogens is 346 g/mol. The molecule has 2 N–H and O–H groups in total. The highest BCUT2D eigenvalue weighted by Gasteiger charge is 2.14. The minimum atomic E-state index is -0.768. The molecule has 4 rings (SSSR count). The summed E-state index contributed by atoms with van der Waals surface area (Å²) in [6.45, 7) is 0. The van der Waals surface area contributed by atoms with Gasteiger partial charge in [-0.15, -0.1) is 0 Å². The first kappa shape index (κ1) is 16.7. The number of aliphatic carboxylic acids is 1. The SMILES string of the molecule is O=C(O)CCCc1c(-c2ccc3ccccc3c2)[nH]c2ccc(Cl)cc12. The third-order valence-corrected chi connectivity index (χ3v) is 4.96. The lowest BCUT2D eigenvalue weighted by Crippen LogP contribution is -1.96. The summed E-state index contributed by atoms with van der Waals surface area (Å²) in [5.74, 6) is -0.768. The maximum Gasteiger partial charge on any atom is 0.303 e. The quantitative estimate of drug-likeness (QED) is 0.453. The van der Waals surface area contributed by atoms with Crippen LogP contribution in [0.4, 0.5) is 0 Å². The average molecular weight is 364 g/mol. The summed E-state index contributed by atoms with van der Waals surface area (Å²) < 4.78 is 0. The number of halogens is 1. The number of carboxylic acids is 1. The number of rotatable bonds is 5. The van der Waals surface area contributed by atoms with E-state index in [0.717, 1.165) is 27.7 Å². The van der Waals surface area contributed by atoms with Gasteiger partial charge in [-0.2, -0.15) is 0 Å². The van der Waals surface area contributed by atoms with Gasteiger partial charge in [0.05, 0.1) is 0 Å². The molecule has 0 saturated heterocycles. The molecule has 0 atom stereocenters. The zero-order chi connectivity index (χ0) is 18.1. The molecule has 3 aromatic carbocycles. The van der Waals surface area contributed by atoms with Crippen molar-refractivity contribution in [2.75, 3.05) is 0 Å². The van der Waals surface area contributed by atoms with Crippen molar-refractivity contribution in [1.82, 2.24) is 4.98 Å². The first-order valence-electron chi connectivity index (χ1n) is 8.63. The highest BCUT2D eigenvalue weighted by atomic mass is 35.5. The smallest absolute Gasteiger partial charge is 0.303 e. The Morgan fingerprint density at radius 1 is 1.00 bits per heavy atom. The number of carboxylic acid groups (broad SMARTS) is 1. The van der Waals surface area contributed by atoms with Crippen LogP contribution in [0.15, 0.2) is 60.7 Å². The number of benzene rings is 3. The molecule has 0 aliphatic carbocycles. The molecule has 4 aromatic rings. The number of hydrogen-bond donors (Lipinski definition) is 2. The molecule has 0 spiro atoms. The van der Waals surface area contributed by atoms with E-state index < -0.39 is 5.97 Å². The third kappa shape index (κ3) is 3.18. The number of nitrogens with one attached hydrogen (secondary N) is 1. The van der Waals surface area contributed by atoms with Crippen molar-refractivity contribution in [1.29, 1.82) is 0 Å². The molecule has 0 aliphatic heterocycles. The monoisotopic (exact) mass is 363 g/mol. The van der Waals surface area contributed by atoms with Crippen molar-refractivity contribution >= 4 is 39.2 Å². The number of H-pyrrole nitrogens is 1. The summed E-state index contributed by atoms with van der Waals surface area (Å²) in [6, 6.07) is 20.4. The van der Waals surface area contributed by atoms with Crippen molar-refractivity contribution in [3.05, 3.63) is 71.2 Å². The van der Waals surface area contributed by atoms with Crippen LogP contribution in [0.2, 0.25) is 5.02 Å². The van der Waals surface area contributed by atoms with Gasteiger partial charge in [-0.3, -0.25) is 4.79 Å². The molecule has 0 saturated carbocycles. The van der Waals surface area contributed by atoms with Gasteiger partial charge in [0.15, 0.2) is 0 Å². The Balaban J connectivity index is 1.84. The molecule has 1 aromatic heterocycles. The second kappa shape index (κ2) is 6.85. The van der Waals surface area contributed by atoms with Crippen molar-refractivity contribution in [2.24, 2.45) is 0 Å². The lowest BCUT2D eigenvalue weighted by Gasteiger charge is -2.07. The van der Waals surface area contributed by atoms with Gasteiger partial charge < -0.3 is 10.1 Å². The molecule has 4 heteroatoms. The molecule has 1 heterocycles. The molecule has 3 nitrogen and oxygen atoms in total. The maximum atomic E-state index is 10.9. The molecule has 0 fully saturated rings. The van der Waals surface area contributed by atoms with Crippen molar-refractivity contribution in [3.63, 3.8) is 0 Å². The molecule has 0 amide bonds. The van der Waals surface area contributed by atoms with Gasteiger partial charge in [0.2, 0.25) is 0 Å². The second-order valence-electron chi connectivity index (χ2n) is 6.48. The fourth-order valence-electron chi connectivity index (χ4n) is 3.49. The maximum absolute atomic E-state index is 10.9. The van der Waals surface area contributed by atoms with Gasteiger partial charge in [0.25, 0.3) is 0 Å². The van der Waals surface area contributed by atoms with Crippen LogP contribution in [-0.4, -0.2) is 16.1 Å². The first-order valence-corrected chi connectivity index (χ1v) is 9.01. The van der Waals surface area contributed by atoms with Crippen LogP contribution >= 0.6 is 11.6 Å². The largest absolute Gasteiger partial charge is 0.481 e. The Morgan fingerprint density at radius 3 is 2.62 bits per heavy atom. The Hall–Kier alpha value is -2.78. The fraction of sp³-hybridized carbons (Fsp3) is 0.136. The molecule has 0 bridgehead atoms. The van der Waals surface area contributed by atoms with E-state index in [0.29, 0.717) is 17.9 Å². The van der Waals surface area contributed by atoms with Crippen molar-refractivity contribution in [3.8, 4) is 11.3 Å². The number of aromatic amines is 1. The zero-order valence-corrected chi connectivity index (χ0v) is 14.9. The first-order chi connectivity index (χ1) is 12.6. The van der Waals surface area contributed by atoms with Crippen LogP contribution < -0.4 is 0 Å². The summed E-state index contributed by atoms with van der Waals surface area (Å²) >= 11 is 6.20. The van der Waals surface area contributed by atoms with Crippen molar-refractivity contribution < 1.29 is 9.90 Å². The molecular formula is C22H18ClNO2. The van der Waals surface area contributed by atoms with Crippen LogP contribution in [0, 0.1) is 0 Å². The second-order valence-corrected chi connectivity index (χ2v) is 6.91. The van der Waals surface area contributed by atoms with Crippen LogP contribution in [0.3, 0.4) is 0 Å². The Morgan fingerprint density at radius 2 is 1.81 bits per heavy atom. The highest BCUT2D eigenvalue weighted by molar-refractivity contribution is 6.31. The normalized spacial score (nSPS) is 11.3. The summed E-state index contributed by atoms with van der Waals surface area (Å²) in [6.07, 6.45) is 1.44. The van der Waals surface area contributed by atoms with E-state index in [9.17, 15) is 4.79 Å². The summed E-state index contributed by atoms with van der Waals surface area (Å²) in [4.78, 5) is 14.4. The minimum Gasteiger partial charge on any atom is -0.481 e. The number of hydrogen-bond acceptors (Lipinski definition) is 1. The van der Waals surface area contributed by atoms with Gasteiger partial charge in [-0.05, 0) is 59.0 Å². The van der Waals surface area contributed by atoms with E-state index >= 15 is 0 Å². The van der Waals surface area contributed by atoms with Crippen LogP contribution in [-0.2, 0) is 11.2 Å². The average Bonchev–Trinajstić information content (AvgIpc) is 2.99. The van der Waals surface area contributed by atoms with Gasteiger partial charge >= 0.3 is 5.97 Å². The van der Waals surface area contributed by atoms with E-state index in [1.165, 1.54) is 10.8 Å². The van der Waals surface area contributed by atoms with Crippen molar-refractivity contribution in [2.45, 2.75) is 19.3 Å². The Bertz CT molecular complexity index is 1110. The van der Waals surface area contributed by atoms with E-state index in [4.69, 9.17) is 16.7 Å². The van der Waals surface area contributed by atoms with E-state index in [2.05, 4.69) is 35.3 Å². The van der Waals surface area contributed by atoms with Gasteiger partial charge in [0, 0.05) is 28.0 Å². The highest BCUT2D eigenvalue weighted by Crippen LogP contribution is 2.34.